The van der Waals surface area contributed by atoms with Crippen LogP contribution in [-0.2, 0) is 18.9 Å². The number of amides is 1. The average molecular weight is 410 g/mol. The zero-order valence-electron chi connectivity index (χ0n) is 16.9. The first kappa shape index (κ1) is 18.6. The molecule has 4 fully saturated rings. The second kappa shape index (κ2) is 7.50. The van der Waals surface area contributed by atoms with E-state index >= 15 is 0 Å². The molecule has 0 spiro atoms. The van der Waals surface area contributed by atoms with Gasteiger partial charge in [0.1, 0.15) is 0 Å². The van der Waals surface area contributed by atoms with E-state index < -0.39 is 0 Å². The van der Waals surface area contributed by atoms with Crippen molar-refractivity contribution in [1.82, 2.24) is 4.90 Å². The van der Waals surface area contributed by atoms with Crippen molar-refractivity contribution in [1.29, 1.82) is 0 Å². The molecule has 2 aromatic carbocycles. The molecule has 0 N–H and O–H groups in total. The summed E-state index contributed by atoms with van der Waals surface area (Å²) < 4.78 is 21.9. The Hall–Kier alpha value is -2.19. The van der Waals surface area contributed by atoms with Crippen LogP contribution >= 0.6 is 0 Å². The summed E-state index contributed by atoms with van der Waals surface area (Å²) in [5, 5.41) is 2.05. The lowest BCUT2D eigenvalue weighted by molar-refractivity contribution is 0.0732. The largest absolute Gasteiger partial charge is 0.371 e. The van der Waals surface area contributed by atoms with E-state index in [1.807, 2.05) is 23.1 Å². The maximum Gasteiger partial charge on any atom is 0.256 e. The van der Waals surface area contributed by atoms with Gasteiger partial charge in [-0.15, -0.1) is 0 Å². The molecular formula is C23H26N2O5. The number of hydrogen-bond donors (Lipinski definition) is 0. The lowest BCUT2D eigenvalue weighted by Gasteiger charge is -2.29. The van der Waals surface area contributed by atoms with Crippen LogP contribution in [0.5, 0.6) is 0 Å². The van der Waals surface area contributed by atoms with Crippen molar-refractivity contribution >= 4 is 22.4 Å². The van der Waals surface area contributed by atoms with Crippen molar-refractivity contribution in [3.8, 4) is 0 Å². The number of carbonyl (C=O) groups excluding carboxylic acids is 1. The standard InChI is InChI=1S/C23H26N2O5/c26-23(25(9-18-13-29-18)10-19-14-30-19)22-20-4-2-1-3-15(20)5-6-21(22)24(7-16-11-27-16)8-17-12-28-17/h1-6,16-19H,7-14H2. The number of carbonyl (C=O) groups is 1. The van der Waals surface area contributed by atoms with Gasteiger partial charge in [0.05, 0.1) is 62.1 Å². The third-order valence-electron chi connectivity index (χ3n) is 6.05. The minimum atomic E-state index is 0.0474. The Labute approximate surface area is 175 Å². The van der Waals surface area contributed by atoms with Gasteiger partial charge in [-0.2, -0.15) is 0 Å². The molecule has 4 atom stereocenters. The van der Waals surface area contributed by atoms with E-state index in [2.05, 4.69) is 23.1 Å². The van der Waals surface area contributed by atoms with Gasteiger partial charge in [-0.05, 0) is 16.8 Å². The van der Waals surface area contributed by atoms with Gasteiger partial charge in [-0.1, -0.05) is 30.3 Å². The van der Waals surface area contributed by atoms with E-state index in [1.165, 1.54) is 0 Å². The van der Waals surface area contributed by atoms with E-state index in [9.17, 15) is 4.79 Å². The molecule has 4 saturated heterocycles. The molecule has 4 unspecified atom stereocenters. The average Bonchev–Trinajstić information content (AvgIpc) is 3.60. The normalized spacial score (nSPS) is 28.3. The second-order valence-corrected chi connectivity index (χ2v) is 8.62. The van der Waals surface area contributed by atoms with E-state index in [0.29, 0.717) is 13.1 Å². The highest BCUT2D eigenvalue weighted by atomic mass is 16.6. The highest BCUT2D eigenvalue weighted by Crippen LogP contribution is 2.33. The van der Waals surface area contributed by atoms with Crippen molar-refractivity contribution in [2.45, 2.75) is 24.4 Å². The van der Waals surface area contributed by atoms with E-state index in [0.717, 1.165) is 61.5 Å². The van der Waals surface area contributed by atoms with E-state index in [1.54, 1.807) is 0 Å². The van der Waals surface area contributed by atoms with Gasteiger partial charge < -0.3 is 28.7 Å². The Kier molecular flexibility index (Phi) is 4.64. The van der Waals surface area contributed by atoms with E-state index in [4.69, 9.17) is 18.9 Å². The predicted octanol–water partition coefficient (Wildman–Crippen LogP) is 1.68. The molecule has 0 radical (unpaired) electrons. The van der Waals surface area contributed by atoms with Crippen LogP contribution in [0.25, 0.3) is 10.8 Å². The molecule has 2 aromatic rings. The van der Waals surface area contributed by atoms with Crippen molar-refractivity contribution in [3.05, 3.63) is 42.0 Å². The zero-order chi connectivity index (χ0) is 20.1. The minimum Gasteiger partial charge on any atom is -0.371 e. The van der Waals surface area contributed by atoms with Crippen LogP contribution in [0.4, 0.5) is 5.69 Å². The third-order valence-corrected chi connectivity index (χ3v) is 6.05. The summed E-state index contributed by atoms with van der Waals surface area (Å²) in [4.78, 5) is 18.1. The van der Waals surface area contributed by atoms with Crippen molar-refractivity contribution in [2.75, 3.05) is 57.5 Å². The molecule has 7 nitrogen and oxygen atoms in total. The van der Waals surface area contributed by atoms with Gasteiger partial charge in [0, 0.05) is 26.2 Å². The van der Waals surface area contributed by atoms with Crippen LogP contribution in [0.1, 0.15) is 10.4 Å². The SMILES string of the molecule is O=C(c1c(N(CC2CO2)CC2CO2)ccc2ccccc12)N(CC1CO1)CC1CO1. The van der Waals surface area contributed by atoms with Gasteiger partial charge in [-0.25, -0.2) is 0 Å². The number of rotatable bonds is 10. The number of benzene rings is 2. The molecular weight excluding hydrogens is 384 g/mol. The van der Waals surface area contributed by atoms with Crippen LogP contribution in [0, 0.1) is 0 Å². The monoisotopic (exact) mass is 410 g/mol. The van der Waals surface area contributed by atoms with Crippen molar-refractivity contribution in [3.63, 3.8) is 0 Å². The molecule has 6 rings (SSSR count). The van der Waals surface area contributed by atoms with Crippen LogP contribution < -0.4 is 4.90 Å². The van der Waals surface area contributed by atoms with Crippen molar-refractivity contribution < 1.29 is 23.7 Å². The van der Waals surface area contributed by atoms with Gasteiger partial charge >= 0.3 is 0 Å². The molecule has 158 valence electrons. The Bertz CT molecular complexity index is 922. The highest BCUT2D eigenvalue weighted by molar-refractivity contribution is 6.12. The minimum absolute atomic E-state index is 0.0474. The summed E-state index contributed by atoms with van der Waals surface area (Å²) in [6, 6.07) is 12.3. The third kappa shape index (κ3) is 4.16. The molecule has 0 aliphatic carbocycles. The Balaban J connectivity index is 1.40. The van der Waals surface area contributed by atoms with Crippen molar-refractivity contribution in [2.24, 2.45) is 0 Å². The maximum atomic E-state index is 13.9. The lowest BCUT2D eigenvalue weighted by Crippen LogP contribution is -2.39. The molecule has 0 aromatic heterocycles. The zero-order valence-corrected chi connectivity index (χ0v) is 16.9. The molecule has 0 bridgehead atoms. The molecule has 4 aliphatic heterocycles. The first-order valence-corrected chi connectivity index (χ1v) is 10.8. The summed E-state index contributed by atoms with van der Waals surface area (Å²) in [5.74, 6) is 0.0474. The predicted molar refractivity (Wildman–Crippen MR) is 111 cm³/mol. The second-order valence-electron chi connectivity index (χ2n) is 8.62. The van der Waals surface area contributed by atoms with Crippen LogP contribution in [0.3, 0.4) is 0 Å². The highest BCUT2D eigenvalue weighted by Gasteiger charge is 2.37. The fraction of sp³-hybridized carbons (Fsp3) is 0.522. The van der Waals surface area contributed by atoms with Gasteiger partial charge in [0.2, 0.25) is 0 Å². The summed E-state index contributed by atoms with van der Waals surface area (Å²) in [6.45, 7) is 5.78. The van der Waals surface area contributed by atoms with Crippen LogP contribution in [-0.4, -0.2) is 87.8 Å². The number of fused-ring (bicyclic) bond motifs is 1. The first-order valence-electron chi connectivity index (χ1n) is 10.8. The fourth-order valence-corrected chi connectivity index (χ4v) is 4.10. The quantitative estimate of drug-likeness (QED) is 0.555. The Morgan fingerprint density at radius 2 is 1.30 bits per heavy atom. The molecule has 0 saturated carbocycles. The Morgan fingerprint density at radius 3 is 1.87 bits per heavy atom. The number of epoxide rings is 4. The first-order chi connectivity index (χ1) is 14.7. The molecule has 4 heterocycles. The van der Waals surface area contributed by atoms with E-state index in [-0.39, 0.29) is 30.3 Å². The van der Waals surface area contributed by atoms with Gasteiger partial charge in [0.25, 0.3) is 5.91 Å². The summed E-state index contributed by atoms with van der Waals surface area (Å²) in [7, 11) is 0. The number of nitrogens with zero attached hydrogens (tertiary/aromatic N) is 2. The number of hydrogen-bond acceptors (Lipinski definition) is 6. The number of ether oxygens (including phenoxy) is 4. The smallest absolute Gasteiger partial charge is 0.256 e. The summed E-state index contributed by atoms with van der Waals surface area (Å²) in [5.41, 5.74) is 1.72. The van der Waals surface area contributed by atoms with Gasteiger partial charge in [-0.3, -0.25) is 4.79 Å². The molecule has 4 aliphatic rings. The Morgan fingerprint density at radius 1 is 0.767 bits per heavy atom. The molecule has 7 heteroatoms. The lowest BCUT2D eigenvalue weighted by atomic mass is 10.00. The maximum absolute atomic E-state index is 13.9. The summed E-state index contributed by atoms with van der Waals surface area (Å²) >= 11 is 0. The topological polar surface area (TPSA) is 73.7 Å². The van der Waals surface area contributed by atoms with Crippen LogP contribution in [0.2, 0.25) is 0 Å². The summed E-state index contributed by atoms with van der Waals surface area (Å²) in [6.07, 6.45) is 0.743. The van der Waals surface area contributed by atoms with Crippen LogP contribution in [0.15, 0.2) is 36.4 Å². The fourth-order valence-electron chi connectivity index (χ4n) is 4.10. The number of anilines is 1. The molecule has 1 amide bonds. The molecule has 30 heavy (non-hydrogen) atoms. The van der Waals surface area contributed by atoms with Gasteiger partial charge in [0.15, 0.2) is 0 Å².